The van der Waals surface area contributed by atoms with Gasteiger partial charge in [0, 0.05) is 98.8 Å². The number of benzene rings is 2. The Morgan fingerprint density at radius 1 is 1.04 bits per heavy atom. The van der Waals surface area contributed by atoms with E-state index in [0.717, 1.165) is 50.9 Å². The Kier molecular flexibility index (Phi) is 19.1. The zero-order valence-corrected chi connectivity index (χ0v) is 32.7. The Morgan fingerprint density at radius 3 is 2.33 bits per heavy atom. The van der Waals surface area contributed by atoms with Crippen LogP contribution < -0.4 is 15.5 Å². The van der Waals surface area contributed by atoms with Gasteiger partial charge in [-0.15, -0.1) is 0 Å². The molecule has 2 aromatic heterocycles. The van der Waals surface area contributed by atoms with Crippen molar-refractivity contribution in [2.24, 2.45) is 5.92 Å². The molecule has 6 rings (SSSR count). The van der Waals surface area contributed by atoms with Gasteiger partial charge in [0.05, 0.1) is 4.92 Å². The number of nitrogens with one attached hydrogen (secondary N) is 2. The van der Waals surface area contributed by atoms with E-state index in [0.29, 0.717) is 39.9 Å². The minimum atomic E-state index is -0.485. The zero-order chi connectivity index (χ0) is 39.3. The number of pyridine rings is 2. The maximum Gasteiger partial charge on any atom is 0.287 e. The predicted octanol–water partition coefficient (Wildman–Crippen LogP) is 7.28. The standard InChI is InChI=1S/C20H25FN4O.C9H9NO.C8H8N2O3S2.C2H6/c1-22-17-6-3-16(19(21)13-17)14-23-20(26)15-4-7-18(8-5-15)25-11-9-24(2)10-12-25;11-6-8-4-9(8)7-2-1-3-10-5-7;11-4-1-5-14-15-8-3-2-7(6-9-8)10(12)13;1-2/h3-8,13,22H,9-12,14H2,1-2H3,(H,23,26);1-3,5-6,8-9H,4H2;2-4,6H,1,5H2;1-2H3. The average molecular weight is 778 g/mol. The largest absolute Gasteiger partial charge is 0.388 e. The highest BCUT2D eigenvalue weighted by molar-refractivity contribution is 8.76. The normalized spacial score (nSPS) is 15.8. The van der Waals surface area contributed by atoms with Crippen molar-refractivity contribution in [1.29, 1.82) is 0 Å². The molecule has 0 bridgehead atoms. The van der Waals surface area contributed by atoms with Crippen LogP contribution in [0.15, 0.2) is 90.3 Å². The first kappa shape index (κ1) is 43.5. The van der Waals surface area contributed by atoms with Crippen molar-refractivity contribution >= 4 is 57.1 Å². The third-order valence-corrected chi connectivity index (χ3v) is 10.6. The van der Waals surface area contributed by atoms with Gasteiger partial charge in [0.15, 0.2) is 0 Å². The fourth-order valence-electron chi connectivity index (χ4n) is 5.08. The molecule has 2 atom stereocenters. The first-order chi connectivity index (χ1) is 26.2. The Hall–Kier alpha value is -4.86. The SMILES string of the molecule is CC.CNc1ccc(CNC(=O)c2ccc(N3CCN(C)CC3)cc2)c(F)c1.O=CC1CC1c1cccnc1.O=CCCSSc1ccc([N+](=O)[O-])cn1. The number of amides is 1. The molecule has 4 aromatic rings. The predicted molar refractivity (Wildman–Crippen MR) is 216 cm³/mol. The van der Waals surface area contributed by atoms with Crippen LogP contribution in [0, 0.1) is 21.8 Å². The smallest absolute Gasteiger partial charge is 0.287 e. The summed E-state index contributed by atoms with van der Waals surface area (Å²) in [4.78, 5) is 55.0. The summed E-state index contributed by atoms with van der Waals surface area (Å²) >= 11 is 0. The fourth-order valence-corrected chi connectivity index (χ4v) is 6.90. The monoisotopic (exact) mass is 777 g/mol. The van der Waals surface area contributed by atoms with Crippen LogP contribution in [0.2, 0.25) is 0 Å². The van der Waals surface area contributed by atoms with E-state index < -0.39 is 4.92 Å². The molecule has 1 aliphatic carbocycles. The Labute approximate surface area is 324 Å². The van der Waals surface area contributed by atoms with Crippen LogP contribution in [0.3, 0.4) is 0 Å². The van der Waals surface area contributed by atoms with Crippen molar-refractivity contribution in [3.05, 3.63) is 118 Å². The molecule has 12 nitrogen and oxygen atoms in total. The number of nitrogens with zero attached hydrogens (tertiary/aromatic N) is 5. The van der Waals surface area contributed by atoms with Crippen molar-refractivity contribution < 1.29 is 23.7 Å². The molecule has 1 amide bonds. The molecule has 1 saturated carbocycles. The molecule has 15 heteroatoms. The average Bonchev–Trinajstić information content (AvgIpc) is 4.01. The van der Waals surface area contributed by atoms with E-state index in [9.17, 15) is 28.9 Å². The summed E-state index contributed by atoms with van der Waals surface area (Å²) in [7, 11) is 6.77. The molecule has 54 heavy (non-hydrogen) atoms. The van der Waals surface area contributed by atoms with Gasteiger partial charge in [-0.25, -0.2) is 9.37 Å². The van der Waals surface area contributed by atoms with E-state index in [4.69, 9.17) is 0 Å². The second kappa shape index (κ2) is 23.7. The van der Waals surface area contributed by atoms with Crippen molar-refractivity contribution in [3.63, 3.8) is 0 Å². The molecule has 1 aliphatic heterocycles. The third kappa shape index (κ3) is 14.5. The number of rotatable bonds is 13. The van der Waals surface area contributed by atoms with Gasteiger partial charge in [-0.05, 0) is 84.3 Å². The topological polar surface area (TPSA) is 151 Å². The Balaban J connectivity index is 0.000000236. The van der Waals surface area contributed by atoms with E-state index in [2.05, 4.69) is 37.4 Å². The molecule has 2 aromatic carbocycles. The highest BCUT2D eigenvalue weighted by atomic mass is 33.1. The number of aromatic nitrogens is 2. The van der Waals surface area contributed by atoms with E-state index in [1.807, 2.05) is 56.4 Å². The van der Waals surface area contributed by atoms with Crippen LogP contribution in [-0.4, -0.2) is 84.3 Å². The quantitative estimate of drug-likeness (QED) is 0.0462. The van der Waals surface area contributed by atoms with Crippen molar-refractivity contribution in [2.45, 2.75) is 44.2 Å². The summed E-state index contributed by atoms with van der Waals surface area (Å²) in [6, 6.07) is 19.4. The van der Waals surface area contributed by atoms with E-state index in [-0.39, 0.29) is 29.9 Å². The second-order valence-corrected chi connectivity index (χ2v) is 14.4. The van der Waals surface area contributed by atoms with Crippen LogP contribution >= 0.6 is 21.6 Å². The van der Waals surface area contributed by atoms with E-state index in [1.165, 1.54) is 45.5 Å². The van der Waals surface area contributed by atoms with Crippen LogP contribution in [0.1, 0.15) is 54.1 Å². The molecule has 2 fully saturated rings. The van der Waals surface area contributed by atoms with Crippen LogP contribution in [0.4, 0.5) is 21.5 Å². The number of nitro groups is 1. The Bertz CT molecular complexity index is 1750. The molecule has 2 aliphatic rings. The first-order valence-electron chi connectivity index (χ1n) is 17.7. The van der Waals surface area contributed by atoms with Crippen LogP contribution in [0.25, 0.3) is 0 Å². The third-order valence-electron chi connectivity index (χ3n) is 8.30. The highest BCUT2D eigenvalue weighted by Crippen LogP contribution is 2.45. The summed E-state index contributed by atoms with van der Waals surface area (Å²) in [6.45, 7) is 8.23. The van der Waals surface area contributed by atoms with Gasteiger partial charge in [0.1, 0.15) is 29.6 Å². The summed E-state index contributed by atoms with van der Waals surface area (Å²) in [5.41, 5.74) is 4.06. The lowest BCUT2D eigenvalue weighted by molar-refractivity contribution is -0.385. The molecule has 1 saturated heterocycles. The van der Waals surface area contributed by atoms with Crippen molar-refractivity contribution in [1.82, 2.24) is 20.2 Å². The summed E-state index contributed by atoms with van der Waals surface area (Å²) < 4.78 is 14.0. The molecular formula is C39H48FN7O5S2. The van der Waals surface area contributed by atoms with Gasteiger partial charge in [0.2, 0.25) is 0 Å². The number of hydrogen-bond donors (Lipinski definition) is 2. The van der Waals surface area contributed by atoms with E-state index in [1.54, 1.807) is 31.4 Å². The van der Waals surface area contributed by atoms with E-state index >= 15 is 0 Å². The summed E-state index contributed by atoms with van der Waals surface area (Å²) in [5, 5.41) is 16.7. The lowest BCUT2D eigenvalue weighted by Gasteiger charge is -2.34. The lowest BCUT2D eigenvalue weighted by atomic mass is 10.1. The first-order valence-corrected chi connectivity index (χ1v) is 20.0. The molecule has 2 unspecified atom stereocenters. The molecule has 0 spiro atoms. The lowest BCUT2D eigenvalue weighted by Crippen LogP contribution is -2.44. The molecule has 288 valence electrons. The summed E-state index contributed by atoms with van der Waals surface area (Å²) in [5.74, 6) is 0.905. The van der Waals surface area contributed by atoms with Gasteiger partial charge in [-0.1, -0.05) is 36.8 Å². The van der Waals surface area contributed by atoms with Crippen LogP contribution in [-0.2, 0) is 16.1 Å². The minimum absolute atomic E-state index is 0.0164. The van der Waals surface area contributed by atoms with Crippen LogP contribution in [0.5, 0.6) is 0 Å². The number of anilines is 2. The number of piperazine rings is 1. The van der Waals surface area contributed by atoms with Crippen molar-refractivity contribution in [3.8, 4) is 0 Å². The molecule has 3 heterocycles. The van der Waals surface area contributed by atoms with Gasteiger partial charge in [0.25, 0.3) is 11.6 Å². The highest BCUT2D eigenvalue weighted by Gasteiger charge is 2.37. The maximum atomic E-state index is 14.0. The molecular weight excluding hydrogens is 730 g/mol. The number of likely N-dealkylation sites (N-methyl/N-ethyl adjacent to an activating group) is 1. The molecule has 2 N–H and O–H groups in total. The van der Waals surface area contributed by atoms with Gasteiger partial charge in [-0.2, -0.15) is 0 Å². The van der Waals surface area contributed by atoms with Gasteiger partial charge < -0.3 is 30.0 Å². The number of halogens is 1. The zero-order valence-electron chi connectivity index (χ0n) is 31.0. The fraction of sp³-hybridized carbons (Fsp3) is 0.359. The maximum absolute atomic E-state index is 14.0. The Morgan fingerprint density at radius 2 is 1.78 bits per heavy atom. The number of carbonyl (C=O) groups excluding carboxylic acids is 3. The van der Waals surface area contributed by atoms with Crippen molar-refractivity contribution in [2.75, 3.05) is 56.2 Å². The summed E-state index contributed by atoms with van der Waals surface area (Å²) in [6.07, 6.45) is 8.23. The minimum Gasteiger partial charge on any atom is -0.388 e. The number of aldehydes is 2. The molecule has 0 radical (unpaired) electrons. The van der Waals surface area contributed by atoms with Gasteiger partial charge >= 0.3 is 0 Å². The number of hydrogen-bond acceptors (Lipinski definition) is 12. The second-order valence-electron chi connectivity index (χ2n) is 12.0. The van der Waals surface area contributed by atoms with Gasteiger partial charge in [-0.3, -0.25) is 19.9 Å². The number of carbonyl (C=O) groups is 3.